The van der Waals surface area contributed by atoms with Crippen LogP contribution in [-0.4, -0.2) is 17.8 Å². The van der Waals surface area contributed by atoms with Gasteiger partial charge in [-0.05, 0) is 55.0 Å². The normalized spacial score (nSPS) is 15.8. The van der Waals surface area contributed by atoms with Gasteiger partial charge in [-0.1, -0.05) is 35.9 Å². The van der Waals surface area contributed by atoms with Gasteiger partial charge in [-0.2, -0.15) is 23.3 Å². The molecule has 0 aliphatic carbocycles. The number of anilines is 1. The summed E-state index contributed by atoms with van der Waals surface area (Å²) in [5.41, 5.74) is -0.0242. The molecule has 4 nitrogen and oxygen atoms in total. The molecule has 0 radical (unpaired) electrons. The second-order valence-corrected chi connectivity index (χ2v) is 7.05. The summed E-state index contributed by atoms with van der Waals surface area (Å²) >= 11 is 6.03. The monoisotopic (exact) mass is 430 g/mol. The first kappa shape index (κ1) is 20.0. The molecule has 2 heterocycles. The molecule has 1 aliphatic heterocycles. The molecule has 1 aromatic heterocycles. The van der Waals surface area contributed by atoms with Crippen LogP contribution in [0, 0.1) is 6.92 Å². The Morgan fingerprint density at radius 2 is 1.80 bits per heavy atom. The molecule has 152 valence electrons. The average Bonchev–Trinajstić information content (AvgIpc) is 3.30. The summed E-state index contributed by atoms with van der Waals surface area (Å²) in [6.07, 6.45) is -3.75. The second-order valence-electron chi connectivity index (χ2n) is 6.62. The summed E-state index contributed by atoms with van der Waals surface area (Å²) in [7, 11) is 0. The number of para-hydroxylation sites is 1. The van der Waals surface area contributed by atoms with E-state index in [1.165, 1.54) is 18.2 Å². The van der Waals surface area contributed by atoms with Gasteiger partial charge in [0.05, 0.1) is 11.3 Å². The third kappa shape index (κ3) is 3.76. The number of halogens is 4. The van der Waals surface area contributed by atoms with Crippen molar-refractivity contribution in [1.29, 1.82) is 0 Å². The predicted molar refractivity (Wildman–Crippen MR) is 109 cm³/mol. The van der Waals surface area contributed by atoms with Gasteiger partial charge in [0.25, 0.3) is 5.91 Å². The first-order valence-electron chi connectivity index (χ1n) is 8.88. The zero-order valence-corrected chi connectivity index (χ0v) is 16.3. The molecule has 4 rings (SSSR count). The van der Waals surface area contributed by atoms with Gasteiger partial charge in [0.15, 0.2) is 5.71 Å². The molecule has 0 spiro atoms. The van der Waals surface area contributed by atoms with Crippen LogP contribution in [0.3, 0.4) is 0 Å². The fourth-order valence-corrected chi connectivity index (χ4v) is 3.25. The van der Waals surface area contributed by atoms with Gasteiger partial charge in [0, 0.05) is 10.6 Å². The Kier molecular flexibility index (Phi) is 4.99. The number of hydrazone groups is 1. The van der Waals surface area contributed by atoms with Crippen LogP contribution in [0.4, 0.5) is 18.9 Å². The van der Waals surface area contributed by atoms with Crippen LogP contribution >= 0.6 is 11.6 Å². The lowest BCUT2D eigenvalue weighted by molar-refractivity contribution is -0.114. The van der Waals surface area contributed by atoms with Crippen molar-refractivity contribution in [2.45, 2.75) is 13.1 Å². The van der Waals surface area contributed by atoms with E-state index in [0.717, 1.165) is 16.6 Å². The maximum atomic E-state index is 13.5. The van der Waals surface area contributed by atoms with Crippen molar-refractivity contribution in [3.63, 3.8) is 0 Å². The molecule has 30 heavy (non-hydrogen) atoms. The van der Waals surface area contributed by atoms with E-state index in [2.05, 4.69) is 5.10 Å². The first-order valence-corrected chi connectivity index (χ1v) is 9.25. The largest absolute Gasteiger partial charge is 0.457 e. The van der Waals surface area contributed by atoms with Crippen molar-refractivity contribution in [2.24, 2.45) is 5.10 Å². The number of alkyl halides is 3. The highest BCUT2D eigenvalue weighted by Gasteiger charge is 2.47. The number of amides is 1. The summed E-state index contributed by atoms with van der Waals surface area (Å²) in [4.78, 5) is 12.7. The lowest BCUT2D eigenvalue weighted by atomic mass is 10.1. The molecule has 0 N–H and O–H groups in total. The molecule has 8 heteroatoms. The van der Waals surface area contributed by atoms with Crippen LogP contribution in [0.2, 0.25) is 5.02 Å². The number of nitrogens with zero attached hydrogens (tertiary/aromatic N) is 2. The average molecular weight is 431 g/mol. The van der Waals surface area contributed by atoms with Crippen molar-refractivity contribution in [3.05, 3.63) is 82.6 Å². The van der Waals surface area contributed by atoms with E-state index < -0.39 is 23.4 Å². The van der Waals surface area contributed by atoms with Crippen LogP contribution in [0.5, 0.6) is 0 Å². The maximum absolute atomic E-state index is 13.5. The smallest absolute Gasteiger partial charge is 0.435 e. The van der Waals surface area contributed by atoms with Crippen LogP contribution in [-0.2, 0) is 4.79 Å². The minimum Gasteiger partial charge on any atom is -0.457 e. The number of aryl methyl sites for hydroxylation is 1. The summed E-state index contributed by atoms with van der Waals surface area (Å²) in [5, 5.41) is 4.77. The summed E-state index contributed by atoms with van der Waals surface area (Å²) in [5.74, 6) is -0.359. The Morgan fingerprint density at radius 1 is 1.07 bits per heavy atom. The molecule has 1 amide bonds. The summed E-state index contributed by atoms with van der Waals surface area (Å²) in [6, 6.07) is 16.3. The fraction of sp³-hybridized carbons (Fsp3) is 0.0909. The summed E-state index contributed by atoms with van der Waals surface area (Å²) < 4.78 is 46.3. The number of furan rings is 1. The standard InChI is InChI=1S/C22H14ClF3N2O2/c1-13-7-8-14(23)11-17(13)19-10-9-16(30-19)12-18-20(22(24,25)26)27-28(21(18)29)15-5-3-2-4-6-15/h2-12H,1H3/b18-12-. The van der Waals surface area contributed by atoms with E-state index in [-0.39, 0.29) is 11.4 Å². The third-order valence-electron chi connectivity index (χ3n) is 4.53. The molecule has 3 aromatic rings. The highest BCUT2D eigenvalue weighted by atomic mass is 35.5. The zero-order chi connectivity index (χ0) is 21.5. The van der Waals surface area contributed by atoms with Crippen LogP contribution in [0.1, 0.15) is 11.3 Å². The van der Waals surface area contributed by atoms with Crippen molar-refractivity contribution in [1.82, 2.24) is 0 Å². The molecule has 0 bridgehead atoms. The fourth-order valence-electron chi connectivity index (χ4n) is 3.08. The van der Waals surface area contributed by atoms with Gasteiger partial charge in [-0.3, -0.25) is 4.79 Å². The van der Waals surface area contributed by atoms with E-state index in [9.17, 15) is 18.0 Å². The van der Waals surface area contributed by atoms with E-state index in [1.54, 1.807) is 36.4 Å². The Bertz CT molecular complexity index is 1180. The Hall–Kier alpha value is -3.32. The quantitative estimate of drug-likeness (QED) is 0.460. The zero-order valence-electron chi connectivity index (χ0n) is 15.6. The Balaban J connectivity index is 1.74. The number of carbonyl (C=O) groups is 1. The van der Waals surface area contributed by atoms with Gasteiger partial charge in [0.2, 0.25) is 0 Å². The van der Waals surface area contributed by atoms with Gasteiger partial charge >= 0.3 is 6.18 Å². The molecule has 0 fully saturated rings. The third-order valence-corrected chi connectivity index (χ3v) is 4.76. The van der Waals surface area contributed by atoms with Crippen molar-refractivity contribution in [2.75, 3.05) is 5.01 Å². The van der Waals surface area contributed by atoms with Crippen LogP contribution in [0.15, 0.2) is 75.8 Å². The highest BCUT2D eigenvalue weighted by molar-refractivity contribution is 6.34. The SMILES string of the molecule is Cc1ccc(Cl)cc1-c1ccc(/C=C2\C(=O)N(c3ccccc3)N=C2C(F)(F)F)o1. The number of carbonyl (C=O) groups excluding carboxylic acids is 1. The predicted octanol–water partition coefficient (Wildman–Crippen LogP) is 6.26. The van der Waals surface area contributed by atoms with E-state index in [4.69, 9.17) is 16.0 Å². The van der Waals surface area contributed by atoms with Crippen molar-refractivity contribution < 1.29 is 22.4 Å². The minimum atomic E-state index is -4.80. The summed E-state index contributed by atoms with van der Waals surface area (Å²) in [6.45, 7) is 1.86. The molecular formula is C22H14ClF3N2O2. The first-order chi connectivity index (χ1) is 14.2. The Labute approximate surface area is 174 Å². The molecule has 0 unspecified atom stereocenters. The minimum absolute atomic E-state index is 0.0968. The molecular weight excluding hydrogens is 417 g/mol. The van der Waals surface area contributed by atoms with E-state index in [1.807, 2.05) is 13.0 Å². The maximum Gasteiger partial charge on any atom is 0.435 e. The highest BCUT2D eigenvalue weighted by Crippen LogP contribution is 2.34. The lowest BCUT2D eigenvalue weighted by Crippen LogP contribution is -2.25. The van der Waals surface area contributed by atoms with Gasteiger partial charge in [-0.25, -0.2) is 0 Å². The van der Waals surface area contributed by atoms with Crippen molar-refractivity contribution >= 4 is 35.0 Å². The molecule has 0 saturated heterocycles. The second kappa shape index (κ2) is 7.50. The van der Waals surface area contributed by atoms with Gasteiger partial charge in [0.1, 0.15) is 11.5 Å². The van der Waals surface area contributed by atoms with Gasteiger partial charge < -0.3 is 4.42 Å². The number of benzene rings is 2. The topological polar surface area (TPSA) is 45.8 Å². The van der Waals surface area contributed by atoms with Crippen LogP contribution < -0.4 is 5.01 Å². The number of rotatable bonds is 3. The van der Waals surface area contributed by atoms with Gasteiger partial charge in [-0.15, -0.1) is 0 Å². The molecule has 0 saturated carbocycles. The lowest BCUT2D eigenvalue weighted by Gasteiger charge is -2.10. The molecule has 0 atom stereocenters. The van der Waals surface area contributed by atoms with Crippen molar-refractivity contribution in [3.8, 4) is 11.3 Å². The Morgan fingerprint density at radius 3 is 2.50 bits per heavy atom. The number of hydrogen-bond donors (Lipinski definition) is 0. The van der Waals surface area contributed by atoms with Crippen LogP contribution in [0.25, 0.3) is 17.4 Å². The molecule has 2 aromatic carbocycles. The van der Waals surface area contributed by atoms with E-state index >= 15 is 0 Å². The van der Waals surface area contributed by atoms with E-state index in [0.29, 0.717) is 16.3 Å². The molecule has 1 aliphatic rings. The number of hydrogen-bond acceptors (Lipinski definition) is 3.